The van der Waals surface area contributed by atoms with Gasteiger partial charge in [-0.3, -0.25) is 0 Å². The summed E-state index contributed by atoms with van der Waals surface area (Å²) in [5, 5.41) is 9.61. The molecular weight excluding hydrogens is 136 g/mol. The van der Waals surface area contributed by atoms with Crippen molar-refractivity contribution < 1.29 is 5.11 Å². The lowest BCUT2D eigenvalue weighted by Gasteiger charge is -2.15. The molecule has 1 N–H and O–H groups in total. The third-order valence-corrected chi connectivity index (χ3v) is 2.29. The van der Waals surface area contributed by atoms with E-state index in [0.717, 1.165) is 6.42 Å². The van der Waals surface area contributed by atoms with E-state index in [9.17, 15) is 5.11 Å². The number of aliphatic hydroxyl groups is 1. The Balaban J connectivity index is 2.44. The molecular formula is C10H18O. The Labute approximate surface area is 69.1 Å². The van der Waals surface area contributed by atoms with E-state index in [1.165, 1.54) is 5.57 Å². The highest BCUT2D eigenvalue weighted by Gasteiger charge is 2.45. The minimum Gasteiger partial charge on any atom is -0.390 e. The van der Waals surface area contributed by atoms with Crippen LogP contribution in [0.25, 0.3) is 0 Å². The molecule has 0 aromatic heterocycles. The fourth-order valence-electron chi connectivity index (χ4n) is 1.64. The Morgan fingerprint density at radius 1 is 1.45 bits per heavy atom. The number of allylic oxidation sites excluding steroid dienone is 2. The number of hydrogen-bond acceptors (Lipinski definition) is 1. The molecule has 0 bridgehead atoms. The molecule has 1 rings (SSSR count). The van der Waals surface area contributed by atoms with Gasteiger partial charge < -0.3 is 5.11 Å². The highest BCUT2D eigenvalue weighted by molar-refractivity contribution is 5.10. The van der Waals surface area contributed by atoms with E-state index in [4.69, 9.17) is 0 Å². The van der Waals surface area contributed by atoms with Crippen molar-refractivity contribution in [1.29, 1.82) is 0 Å². The topological polar surface area (TPSA) is 20.2 Å². The molecule has 2 unspecified atom stereocenters. The minimum absolute atomic E-state index is 0.476. The molecule has 1 aliphatic carbocycles. The molecule has 0 spiro atoms. The zero-order valence-corrected chi connectivity index (χ0v) is 7.89. The molecule has 0 radical (unpaired) electrons. The van der Waals surface area contributed by atoms with Gasteiger partial charge in [-0.05, 0) is 46.0 Å². The van der Waals surface area contributed by atoms with Gasteiger partial charge in [-0.1, -0.05) is 11.6 Å². The Bertz CT molecular complexity index is 170. The van der Waals surface area contributed by atoms with Gasteiger partial charge in [0.2, 0.25) is 0 Å². The minimum atomic E-state index is -0.476. The number of rotatable bonds is 2. The Morgan fingerprint density at radius 3 is 2.27 bits per heavy atom. The average Bonchev–Trinajstić information content (AvgIpc) is 2.40. The molecule has 1 fully saturated rings. The Morgan fingerprint density at radius 2 is 2.00 bits per heavy atom. The van der Waals surface area contributed by atoms with Crippen molar-refractivity contribution in [3.63, 3.8) is 0 Å². The van der Waals surface area contributed by atoms with E-state index in [1.807, 2.05) is 13.8 Å². The normalized spacial score (nSPS) is 29.9. The van der Waals surface area contributed by atoms with Crippen molar-refractivity contribution in [3.8, 4) is 0 Å². The molecule has 1 nitrogen and oxygen atoms in total. The molecule has 0 amide bonds. The van der Waals surface area contributed by atoms with Crippen LogP contribution in [0.5, 0.6) is 0 Å². The van der Waals surface area contributed by atoms with E-state index >= 15 is 0 Å². The summed E-state index contributed by atoms with van der Waals surface area (Å²) in [5.74, 6) is 1.14. The van der Waals surface area contributed by atoms with Crippen LogP contribution in [0.4, 0.5) is 0 Å². The second-order valence-electron chi connectivity index (χ2n) is 4.40. The third kappa shape index (κ3) is 2.33. The average molecular weight is 154 g/mol. The predicted octanol–water partition coefficient (Wildman–Crippen LogP) is 2.36. The lowest BCUT2D eigenvalue weighted by atomic mass is 10.0. The van der Waals surface area contributed by atoms with E-state index in [-0.39, 0.29) is 0 Å². The van der Waals surface area contributed by atoms with Gasteiger partial charge in [-0.2, -0.15) is 0 Å². The maximum atomic E-state index is 9.61. The molecule has 64 valence electrons. The quantitative estimate of drug-likeness (QED) is 0.605. The SMILES string of the molecule is CC(C)=CC1CC1C(C)(C)O. The standard InChI is InChI=1S/C10H18O/c1-7(2)5-8-6-9(8)10(3,4)11/h5,8-9,11H,6H2,1-4H3. The summed E-state index contributed by atoms with van der Waals surface area (Å²) in [6, 6.07) is 0. The fraction of sp³-hybridized carbons (Fsp3) is 0.800. The van der Waals surface area contributed by atoms with Crippen LogP contribution < -0.4 is 0 Å². The highest BCUT2D eigenvalue weighted by atomic mass is 16.3. The molecule has 0 aromatic carbocycles. The van der Waals surface area contributed by atoms with Gasteiger partial charge >= 0.3 is 0 Å². The largest absolute Gasteiger partial charge is 0.390 e. The van der Waals surface area contributed by atoms with Crippen LogP contribution in [0.2, 0.25) is 0 Å². The summed E-state index contributed by atoms with van der Waals surface area (Å²) < 4.78 is 0. The molecule has 0 aromatic rings. The maximum Gasteiger partial charge on any atom is 0.0625 e. The summed E-state index contributed by atoms with van der Waals surface area (Å²) in [7, 11) is 0. The van der Waals surface area contributed by atoms with Crippen molar-refractivity contribution in [3.05, 3.63) is 11.6 Å². The Kier molecular flexibility index (Phi) is 2.10. The summed E-state index contributed by atoms with van der Waals surface area (Å²) in [6.07, 6.45) is 3.43. The smallest absolute Gasteiger partial charge is 0.0625 e. The lowest BCUT2D eigenvalue weighted by molar-refractivity contribution is 0.0533. The molecule has 1 saturated carbocycles. The summed E-state index contributed by atoms with van der Waals surface area (Å²) >= 11 is 0. The first-order valence-corrected chi connectivity index (χ1v) is 4.28. The molecule has 1 heteroatoms. The maximum absolute atomic E-state index is 9.61. The van der Waals surface area contributed by atoms with E-state index in [0.29, 0.717) is 11.8 Å². The third-order valence-electron chi connectivity index (χ3n) is 2.29. The molecule has 2 atom stereocenters. The zero-order valence-electron chi connectivity index (χ0n) is 7.89. The fourth-order valence-corrected chi connectivity index (χ4v) is 1.64. The first-order valence-electron chi connectivity index (χ1n) is 4.28. The molecule has 11 heavy (non-hydrogen) atoms. The van der Waals surface area contributed by atoms with Crippen molar-refractivity contribution in [2.24, 2.45) is 11.8 Å². The van der Waals surface area contributed by atoms with Crippen molar-refractivity contribution in [2.75, 3.05) is 0 Å². The van der Waals surface area contributed by atoms with E-state index < -0.39 is 5.60 Å². The first-order chi connectivity index (χ1) is 4.91. The van der Waals surface area contributed by atoms with Crippen LogP contribution in [0, 0.1) is 11.8 Å². The van der Waals surface area contributed by atoms with Gasteiger partial charge in [0.15, 0.2) is 0 Å². The van der Waals surface area contributed by atoms with Gasteiger partial charge in [0.25, 0.3) is 0 Å². The summed E-state index contributed by atoms with van der Waals surface area (Å²) in [6.45, 7) is 8.02. The van der Waals surface area contributed by atoms with Crippen LogP contribution in [0.3, 0.4) is 0 Å². The van der Waals surface area contributed by atoms with Crippen LogP contribution >= 0.6 is 0 Å². The number of hydrogen-bond donors (Lipinski definition) is 1. The zero-order chi connectivity index (χ0) is 8.65. The van der Waals surface area contributed by atoms with Gasteiger partial charge in [0, 0.05) is 0 Å². The molecule has 1 aliphatic rings. The lowest BCUT2D eigenvalue weighted by Crippen LogP contribution is -2.22. The summed E-state index contributed by atoms with van der Waals surface area (Å²) in [4.78, 5) is 0. The van der Waals surface area contributed by atoms with Gasteiger partial charge in [0.1, 0.15) is 0 Å². The molecule has 0 heterocycles. The van der Waals surface area contributed by atoms with Gasteiger partial charge in [-0.15, -0.1) is 0 Å². The predicted molar refractivity (Wildman–Crippen MR) is 47.3 cm³/mol. The summed E-state index contributed by atoms with van der Waals surface area (Å²) in [5.41, 5.74) is 0.887. The van der Waals surface area contributed by atoms with Gasteiger partial charge in [0.05, 0.1) is 5.60 Å². The van der Waals surface area contributed by atoms with E-state index in [1.54, 1.807) is 0 Å². The second-order valence-corrected chi connectivity index (χ2v) is 4.40. The monoisotopic (exact) mass is 154 g/mol. The van der Waals surface area contributed by atoms with Gasteiger partial charge in [-0.25, -0.2) is 0 Å². The van der Waals surface area contributed by atoms with Crippen LogP contribution in [-0.4, -0.2) is 10.7 Å². The second kappa shape index (κ2) is 2.63. The molecule has 0 saturated heterocycles. The van der Waals surface area contributed by atoms with Crippen LogP contribution in [0.1, 0.15) is 34.1 Å². The van der Waals surface area contributed by atoms with Crippen molar-refractivity contribution in [1.82, 2.24) is 0 Å². The van der Waals surface area contributed by atoms with Crippen LogP contribution in [0.15, 0.2) is 11.6 Å². The molecule has 0 aliphatic heterocycles. The van der Waals surface area contributed by atoms with E-state index in [2.05, 4.69) is 19.9 Å². The van der Waals surface area contributed by atoms with Crippen LogP contribution in [-0.2, 0) is 0 Å². The van der Waals surface area contributed by atoms with Crippen molar-refractivity contribution in [2.45, 2.75) is 39.7 Å². The Hall–Kier alpha value is -0.300. The first kappa shape index (κ1) is 8.79. The van der Waals surface area contributed by atoms with Crippen molar-refractivity contribution >= 4 is 0 Å². The highest BCUT2D eigenvalue weighted by Crippen LogP contribution is 2.47.